The van der Waals surface area contributed by atoms with Crippen molar-refractivity contribution in [2.45, 2.75) is 18.6 Å². The highest BCUT2D eigenvalue weighted by Crippen LogP contribution is 2.51. The van der Waals surface area contributed by atoms with Gasteiger partial charge >= 0.3 is 7.82 Å². The van der Waals surface area contributed by atoms with Crippen molar-refractivity contribution in [2.75, 3.05) is 6.61 Å². The third-order valence-electron chi connectivity index (χ3n) is 3.00. The van der Waals surface area contributed by atoms with Crippen LogP contribution in [0.15, 0.2) is 60.7 Å². The van der Waals surface area contributed by atoms with Crippen LogP contribution < -0.4 is 0 Å². The van der Waals surface area contributed by atoms with Gasteiger partial charge in [-0.3, -0.25) is 13.6 Å². The fourth-order valence-corrected chi connectivity index (χ4v) is 3.10. The Morgan fingerprint density at radius 1 is 0.875 bits per heavy atom. The Labute approximate surface area is 146 Å². The van der Waals surface area contributed by atoms with Crippen LogP contribution in [0, 0.1) is 0 Å². The maximum absolute atomic E-state index is 12.7. The lowest BCUT2D eigenvalue weighted by Gasteiger charge is -2.18. The summed E-state index contributed by atoms with van der Waals surface area (Å²) in [6.45, 7) is -0.145. The van der Waals surface area contributed by atoms with Gasteiger partial charge in [-0.2, -0.15) is 0 Å². The molecule has 2 aromatic rings. The minimum Gasteiger partial charge on any atom is -0.302 e. The molecule has 5 nitrogen and oxygen atoms in total. The van der Waals surface area contributed by atoms with E-state index in [4.69, 9.17) is 25.2 Å². The second kappa shape index (κ2) is 9.72. The van der Waals surface area contributed by atoms with Gasteiger partial charge in [0.15, 0.2) is 0 Å². The van der Waals surface area contributed by atoms with Crippen LogP contribution in [0.4, 0.5) is 0 Å². The van der Waals surface area contributed by atoms with Gasteiger partial charge in [0.2, 0.25) is 0 Å². The van der Waals surface area contributed by atoms with Crippen LogP contribution in [0.2, 0.25) is 0 Å². The van der Waals surface area contributed by atoms with Crippen LogP contribution in [-0.4, -0.2) is 18.3 Å². The molecule has 0 spiro atoms. The predicted molar refractivity (Wildman–Crippen MR) is 91.7 cm³/mol. The van der Waals surface area contributed by atoms with E-state index in [0.29, 0.717) is 6.29 Å². The predicted octanol–water partition coefficient (Wildman–Crippen LogP) is 4.35. The lowest BCUT2D eigenvalue weighted by Crippen LogP contribution is -2.11. The Hall–Kier alpha value is -1.49. The fourth-order valence-electron chi connectivity index (χ4n) is 1.77. The Bertz CT molecular complexity index is 618. The molecule has 0 heterocycles. The zero-order chi connectivity index (χ0) is 17.3. The molecule has 2 rings (SSSR count). The summed E-state index contributed by atoms with van der Waals surface area (Å²) in [6, 6.07) is 18.4. The summed E-state index contributed by atoms with van der Waals surface area (Å²) in [5.41, 5.74) is 1.64. The summed E-state index contributed by atoms with van der Waals surface area (Å²) in [5, 5.41) is -0.918. The summed E-state index contributed by atoms with van der Waals surface area (Å²) in [4.78, 5) is 10.6. The first kappa shape index (κ1) is 18.8. The average molecular weight is 369 g/mol. The van der Waals surface area contributed by atoms with Crippen molar-refractivity contribution in [1.29, 1.82) is 0 Å². The molecule has 0 amide bonds. The number of benzene rings is 2. The van der Waals surface area contributed by atoms with Gasteiger partial charge < -0.3 is 4.79 Å². The second-order valence-corrected chi connectivity index (χ2v) is 7.14. The number of phosphoric ester groups is 1. The molecule has 0 radical (unpaired) electrons. The quantitative estimate of drug-likeness (QED) is 0.354. The van der Waals surface area contributed by atoms with Crippen molar-refractivity contribution >= 4 is 25.7 Å². The molecule has 128 valence electrons. The topological polar surface area (TPSA) is 61.8 Å². The van der Waals surface area contributed by atoms with Crippen molar-refractivity contribution in [3.05, 3.63) is 71.8 Å². The summed E-state index contributed by atoms with van der Waals surface area (Å²) < 4.78 is 28.7. The van der Waals surface area contributed by atoms with E-state index < -0.39 is 13.2 Å². The van der Waals surface area contributed by atoms with Crippen LogP contribution in [0.3, 0.4) is 0 Å². The number of aldehydes is 1. The molecule has 7 heteroatoms. The average Bonchev–Trinajstić information content (AvgIpc) is 2.65. The maximum Gasteiger partial charge on any atom is 0.475 e. The lowest BCUT2D eigenvalue weighted by atomic mass is 10.2. The third-order valence-corrected chi connectivity index (χ3v) is 4.59. The molecule has 0 N–H and O–H groups in total. The Kier molecular flexibility index (Phi) is 7.63. The van der Waals surface area contributed by atoms with Crippen LogP contribution in [0.25, 0.3) is 0 Å². The minimum atomic E-state index is -3.86. The third kappa shape index (κ3) is 6.56. The van der Waals surface area contributed by atoms with Crippen molar-refractivity contribution in [2.24, 2.45) is 0 Å². The van der Waals surface area contributed by atoms with Gasteiger partial charge in [0.25, 0.3) is 0 Å². The maximum atomic E-state index is 12.7. The monoisotopic (exact) mass is 368 g/mol. The number of carbonyl (C=O) groups excluding carboxylic acids is 1. The standard InChI is InChI=1S/C17H18ClO5P/c18-17(11-19)14-23-24(20,21-12-15-7-3-1-4-8-15)22-13-16-9-5-2-6-10-16/h1-11,17H,12-14H2. The molecule has 0 saturated heterocycles. The smallest absolute Gasteiger partial charge is 0.302 e. The molecular weight excluding hydrogens is 351 g/mol. The van der Waals surface area contributed by atoms with E-state index in [1.807, 2.05) is 60.7 Å². The van der Waals surface area contributed by atoms with Crippen LogP contribution in [-0.2, 0) is 36.1 Å². The molecule has 0 saturated carbocycles. The molecule has 0 aliphatic rings. The number of rotatable bonds is 10. The van der Waals surface area contributed by atoms with Crippen LogP contribution in [0.1, 0.15) is 11.1 Å². The number of carbonyl (C=O) groups is 1. The molecule has 1 unspecified atom stereocenters. The van der Waals surface area contributed by atoms with E-state index in [0.717, 1.165) is 11.1 Å². The summed E-state index contributed by atoms with van der Waals surface area (Å²) in [6.07, 6.45) is 0.500. The molecule has 0 aliphatic carbocycles. The van der Waals surface area contributed by atoms with E-state index in [1.54, 1.807) is 0 Å². The van der Waals surface area contributed by atoms with Crippen LogP contribution in [0.5, 0.6) is 0 Å². The van der Waals surface area contributed by atoms with Gasteiger partial charge in [0.1, 0.15) is 11.7 Å². The van der Waals surface area contributed by atoms with Crippen molar-refractivity contribution in [1.82, 2.24) is 0 Å². The first-order chi connectivity index (χ1) is 11.6. The Morgan fingerprint density at radius 3 is 1.75 bits per heavy atom. The highest BCUT2D eigenvalue weighted by Gasteiger charge is 2.28. The molecule has 2 aromatic carbocycles. The van der Waals surface area contributed by atoms with E-state index in [2.05, 4.69) is 0 Å². The second-order valence-electron chi connectivity index (χ2n) is 4.91. The Morgan fingerprint density at radius 2 is 1.33 bits per heavy atom. The highest BCUT2D eigenvalue weighted by atomic mass is 35.5. The van der Waals surface area contributed by atoms with Crippen molar-refractivity contribution in [3.8, 4) is 0 Å². The summed E-state index contributed by atoms with van der Waals surface area (Å²) in [5.74, 6) is 0. The molecule has 0 fully saturated rings. The van der Waals surface area contributed by atoms with Gasteiger partial charge in [-0.1, -0.05) is 60.7 Å². The van der Waals surface area contributed by atoms with E-state index >= 15 is 0 Å². The summed E-state index contributed by atoms with van der Waals surface area (Å²) >= 11 is 5.68. The van der Waals surface area contributed by atoms with Crippen molar-refractivity contribution in [3.63, 3.8) is 0 Å². The molecule has 24 heavy (non-hydrogen) atoms. The van der Waals surface area contributed by atoms with E-state index in [-0.39, 0.29) is 19.8 Å². The number of alkyl halides is 1. The van der Waals surface area contributed by atoms with Gasteiger partial charge in [0.05, 0.1) is 19.8 Å². The minimum absolute atomic E-state index is 0.0565. The normalized spacial score (nSPS) is 12.7. The van der Waals surface area contributed by atoms with Gasteiger partial charge in [-0.05, 0) is 11.1 Å². The molecule has 0 aromatic heterocycles. The van der Waals surface area contributed by atoms with Crippen molar-refractivity contribution < 1.29 is 22.9 Å². The summed E-state index contributed by atoms with van der Waals surface area (Å²) in [7, 11) is -3.86. The Balaban J connectivity index is 1.99. The number of hydrogen-bond acceptors (Lipinski definition) is 5. The van der Waals surface area contributed by atoms with Gasteiger partial charge in [-0.15, -0.1) is 11.6 Å². The van der Waals surface area contributed by atoms with E-state index in [9.17, 15) is 9.36 Å². The molecular formula is C17H18ClO5P. The molecule has 0 aliphatic heterocycles. The zero-order valence-corrected chi connectivity index (χ0v) is 14.6. The first-order valence-electron chi connectivity index (χ1n) is 7.32. The number of hydrogen-bond donors (Lipinski definition) is 0. The first-order valence-corrected chi connectivity index (χ1v) is 9.22. The van der Waals surface area contributed by atoms with E-state index in [1.165, 1.54) is 0 Å². The largest absolute Gasteiger partial charge is 0.475 e. The fraction of sp³-hybridized carbons (Fsp3) is 0.235. The van der Waals surface area contributed by atoms with Gasteiger partial charge in [-0.25, -0.2) is 4.57 Å². The molecule has 1 atom stereocenters. The highest BCUT2D eigenvalue weighted by molar-refractivity contribution is 7.48. The van der Waals surface area contributed by atoms with Gasteiger partial charge in [0, 0.05) is 0 Å². The van der Waals surface area contributed by atoms with Crippen LogP contribution >= 0.6 is 19.4 Å². The zero-order valence-electron chi connectivity index (χ0n) is 12.9. The molecule has 0 bridgehead atoms. The number of phosphoric acid groups is 1. The number of halogens is 1. The SMILES string of the molecule is O=CC(Cl)COP(=O)(OCc1ccccc1)OCc1ccccc1. The lowest BCUT2D eigenvalue weighted by molar-refractivity contribution is -0.108.